The number of nitrogens with two attached hydrogens (primary N) is 1. The molecule has 1 fully saturated rings. The quantitative estimate of drug-likeness (QED) is 0.728. The Hall–Kier alpha value is -1.43. The van der Waals surface area contributed by atoms with E-state index in [2.05, 4.69) is 15.4 Å². The van der Waals surface area contributed by atoms with Crippen LogP contribution in [0.4, 0.5) is 0 Å². The molecule has 1 aromatic rings. The topological polar surface area (TPSA) is 85.8 Å². The number of aromatic nitrogens is 3. The molecule has 1 aromatic heterocycles. The molecule has 0 bridgehead atoms. The minimum Gasteiger partial charge on any atom is -0.347 e. The van der Waals surface area contributed by atoms with Gasteiger partial charge in [-0.2, -0.15) is 0 Å². The number of rotatable bonds is 2. The van der Waals surface area contributed by atoms with Crippen molar-refractivity contribution in [3.63, 3.8) is 0 Å². The van der Waals surface area contributed by atoms with E-state index in [1.54, 1.807) is 7.05 Å². The van der Waals surface area contributed by atoms with Gasteiger partial charge in [-0.05, 0) is 25.7 Å². The van der Waals surface area contributed by atoms with Crippen LogP contribution < -0.4 is 11.1 Å². The van der Waals surface area contributed by atoms with Crippen molar-refractivity contribution in [1.82, 2.24) is 20.1 Å². The molecule has 1 heterocycles. The fourth-order valence-corrected chi connectivity index (χ4v) is 1.96. The van der Waals surface area contributed by atoms with Crippen LogP contribution in [0.25, 0.3) is 0 Å². The summed E-state index contributed by atoms with van der Waals surface area (Å²) >= 11 is 0. The predicted molar refractivity (Wildman–Crippen MR) is 58.7 cm³/mol. The average Bonchev–Trinajstić information content (AvgIpc) is 2.68. The Morgan fingerprint density at radius 1 is 1.50 bits per heavy atom. The lowest BCUT2D eigenvalue weighted by Gasteiger charge is -2.26. The summed E-state index contributed by atoms with van der Waals surface area (Å²) in [6, 6.07) is 0.511. The molecule has 3 N–H and O–H groups in total. The zero-order valence-corrected chi connectivity index (χ0v) is 9.39. The Bertz CT molecular complexity index is 367. The average molecular weight is 223 g/mol. The van der Waals surface area contributed by atoms with E-state index in [0.717, 1.165) is 25.7 Å². The van der Waals surface area contributed by atoms with Crippen molar-refractivity contribution in [2.45, 2.75) is 37.8 Å². The van der Waals surface area contributed by atoms with Gasteiger partial charge in [0.2, 0.25) is 5.82 Å². The maximum absolute atomic E-state index is 11.7. The number of nitrogens with zero attached hydrogens (tertiary/aromatic N) is 3. The third-order valence-electron chi connectivity index (χ3n) is 2.91. The van der Waals surface area contributed by atoms with Crippen LogP contribution in [-0.2, 0) is 7.05 Å². The summed E-state index contributed by atoms with van der Waals surface area (Å²) < 4.78 is 1.52. The van der Waals surface area contributed by atoms with E-state index in [1.807, 2.05) is 0 Å². The summed E-state index contributed by atoms with van der Waals surface area (Å²) in [6.45, 7) is 0. The Kier molecular flexibility index (Phi) is 3.19. The van der Waals surface area contributed by atoms with Crippen LogP contribution in [0, 0.1) is 0 Å². The minimum atomic E-state index is -0.193. The lowest BCUT2D eigenvalue weighted by molar-refractivity contribution is 0.0915. The molecule has 2 rings (SSSR count). The molecular weight excluding hydrogens is 206 g/mol. The summed E-state index contributed by atoms with van der Waals surface area (Å²) in [6.07, 6.45) is 5.35. The third kappa shape index (κ3) is 2.57. The molecule has 6 heteroatoms. The van der Waals surface area contributed by atoms with Crippen LogP contribution in [0.15, 0.2) is 6.33 Å². The van der Waals surface area contributed by atoms with Crippen LogP contribution in [0.5, 0.6) is 0 Å². The molecule has 0 unspecified atom stereocenters. The number of carbonyl (C=O) groups is 1. The molecule has 0 radical (unpaired) electrons. The third-order valence-corrected chi connectivity index (χ3v) is 2.91. The van der Waals surface area contributed by atoms with E-state index in [9.17, 15) is 4.79 Å². The fourth-order valence-electron chi connectivity index (χ4n) is 1.96. The van der Waals surface area contributed by atoms with Gasteiger partial charge in [-0.3, -0.25) is 9.48 Å². The van der Waals surface area contributed by atoms with Gasteiger partial charge in [0.15, 0.2) is 0 Å². The molecule has 88 valence electrons. The van der Waals surface area contributed by atoms with E-state index in [4.69, 9.17) is 5.73 Å². The van der Waals surface area contributed by atoms with Crippen LogP contribution in [0.2, 0.25) is 0 Å². The molecule has 0 saturated heterocycles. The van der Waals surface area contributed by atoms with E-state index in [-0.39, 0.29) is 17.8 Å². The molecule has 16 heavy (non-hydrogen) atoms. The van der Waals surface area contributed by atoms with Crippen molar-refractivity contribution in [2.75, 3.05) is 0 Å². The Labute approximate surface area is 94.2 Å². The molecule has 1 aliphatic carbocycles. The van der Waals surface area contributed by atoms with Gasteiger partial charge in [0, 0.05) is 19.1 Å². The standard InChI is InChI=1S/C10H17N5O/c1-15-6-12-9(14-15)10(16)13-8-4-2-7(11)3-5-8/h6-8H,2-5,11H2,1H3,(H,13,16)/t7-,8-. The second-order valence-corrected chi connectivity index (χ2v) is 4.33. The maximum Gasteiger partial charge on any atom is 0.291 e. The molecule has 0 aliphatic heterocycles. The zero-order valence-electron chi connectivity index (χ0n) is 9.39. The summed E-state index contributed by atoms with van der Waals surface area (Å²) in [5, 5.41) is 6.90. The first-order valence-electron chi connectivity index (χ1n) is 5.57. The van der Waals surface area contributed by atoms with Crippen molar-refractivity contribution < 1.29 is 4.79 Å². The maximum atomic E-state index is 11.7. The first-order valence-corrected chi connectivity index (χ1v) is 5.57. The van der Waals surface area contributed by atoms with E-state index in [0.29, 0.717) is 6.04 Å². The van der Waals surface area contributed by atoms with Crippen molar-refractivity contribution in [3.05, 3.63) is 12.2 Å². The Balaban J connectivity index is 1.88. The van der Waals surface area contributed by atoms with Gasteiger partial charge in [0.25, 0.3) is 5.91 Å². The van der Waals surface area contributed by atoms with Crippen molar-refractivity contribution >= 4 is 5.91 Å². The summed E-state index contributed by atoms with van der Waals surface area (Å²) in [4.78, 5) is 15.6. The van der Waals surface area contributed by atoms with Gasteiger partial charge in [-0.15, -0.1) is 5.10 Å². The van der Waals surface area contributed by atoms with Gasteiger partial charge in [0.1, 0.15) is 6.33 Å². The molecule has 6 nitrogen and oxygen atoms in total. The van der Waals surface area contributed by atoms with E-state index >= 15 is 0 Å². The highest BCUT2D eigenvalue weighted by Crippen LogP contribution is 2.16. The molecular formula is C10H17N5O. The number of hydrogen-bond acceptors (Lipinski definition) is 4. The molecule has 1 saturated carbocycles. The smallest absolute Gasteiger partial charge is 0.291 e. The lowest BCUT2D eigenvalue weighted by atomic mass is 9.92. The molecule has 0 spiro atoms. The van der Waals surface area contributed by atoms with Crippen molar-refractivity contribution in [2.24, 2.45) is 12.8 Å². The van der Waals surface area contributed by atoms with Gasteiger partial charge in [-0.25, -0.2) is 4.98 Å². The number of aryl methyl sites for hydroxylation is 1. The van der Waals surface area contributed by atoms with E-state index in [1.165, 1.54) is 11.0 Å². The van der Waals surface area contributed by atoms with Gasteiger partial charge in [0.05, 0.1) is 0 Å². The first kappa shape index (κ1) is 11.1. The second kappa shape index (κ2) is 4.61. The Morgan fingerprint density at radius 3 is 2.75 bits per heavy atom. The van der Waals surface area contributed by atoms with Crippen LogP contribution in [-0.4, -0.2) is 32.8 Å². The summed E-state index contributed by atoms with van der Waals surface area (Å²) in [5.74, 6) is 0.0402. The summed E-state index contributed by atoms with van der Waals surface area (Å²) in [7, 11) is 1.74. The summed E-state index contributed by atoms with van der Waals surface area (Å²) in [5.41, 5.74) is 5.80. The van der Waals surface area contributed by atoms with Gasteiger partial charge < -0.3 is 11.1 Å². The first-order chi connectivity index (χ1) is 7.65. The highest BCUT2D eigenvalue weighted by atomic mass is 16.2. The molecule has 1 aliphatic rings. The Morgan fingerprint density at radius 2 is 2.19 bits per heavy atom. The minimum absolute atomic E-state index is 0.193. The van der Waals surface area contributed by atoms with Crippen LogP contribution in [0.3, 0.4) is 0 Å². The van der Waals surface area contributed by atoms with Gasteiger partial charge in [-0.1, -0.05) is 0 Å². The fraction of sp³-hybridized carbons (Fsp3) is 0.700. The molecule has 1 amide bonds. The number of amides is 1. The monoisotopic (exact) mass is 223 g/mol. The highest BCUT2D eigenvalue weighted by molar-refractivity contribution is 5.90. The van der Waals surface area contributed by atoms with Crippen LogP contribution in [0.1, 0.15) is 36.3 Å². The zero-order chi connectivity index (χ0) is 11.5. The van der Waals surface area contributed by atoms with Crippen molar-refractivity contribution in [1.29, 1.82) is 0 Å². The van der Waals surface area contributed by atoms with E-state index < -0.39 is 0 Å². The lowest BCUT2D eigenvalue weighted by Crippen LogP contribution is -2.40. The molecule has 0 aromatic carbocycles. The molecule has 0 atom stereocenters. The normalized spacial score (nSPS) is 25.4. The number of carbonyl (C=O) groups excluding carboxylic acids is 1. The van der Waals surface area contributed by atoms with Crippen molar-refractivity contribution in [3.8, 4) is 0 Å². The highest BCUT2D eigenvalue weighted by Gasteiger charge is 2.21. The van der Waals surface area contributed by atoms with Crippen LogP contribution >= 0.6 is 0 Å². The number of nitrogens with one attached hydrogen (secondary N) is 1. The second-order valence-electron chi connectivity index (χ2n) is 4.33. The largest absolute Gasteiger partial charge is 0.347 e. The number of hydrogen-bond donors (Lipinski definition) is 2. The van der Waals surface area contributed by atoms with Gasteiger partial charge >= 0.3 is 0 Å². The SMILES string of the molecule is Cn1cnc(C(=O)N[C@H]2CC[C@H](N)CC2)n1. The predicted octanol–water partition coefficient (Wildman–Crippen LogP) is -0.185.